The SMILES string of the molecule is N#Cc1ccc(Cn2cncc2CN[C@@H]2CCN([C@@H]3CCOc4ccc(F)cc43)C2=O)cc1. The van der Waals surface area contributed by atoms with Crippen LogP contribution in [0.15, 0.2) is 55.0 Å². The zero-order valence-corrected chi connectivity index (χ0v) is 18.1. The molecule has 0 bridgehead atoms. The van der Waals surface area contributed by atoms with Crippen LogP contribution in [0.2, 0.25) is 0 Å². The third-order valence-electron chi connectivity index (χ3n) is 6.36. The lowest BCUT2D eigenvalue weighted by Crippen LogP contribution is -2.40. The van der Waals surface area contributed by atoms with Crippen LogP contribution >= 0.6 is 0 Å². The number of hydrogen-bond donors (Lipinski definition) is 1. The molecule has 8 heteroatoms. The van der Waals surface area contributed by atoms with Gasteiger partial charge in [-0.1, -0.05) is 12.1 Å². The van der Waals surface area contributed by atoms with Gasteiger partial charge in [-0.25, -0.2) is 9.37 Å². The second-order valence-corrected chi connectivity index (χ2v) is 8.41. The van der Waals surface area contributed by atoms with Crippen molar-refractivity contribution in [3.05, 3.63) is 83.2 Å². The van der Waals surface area contributed by atoms with Crippen molar-refractivity contribution in [2.45, 2.75) is 38.0 Å². The molecule has 0 radical (unpaired) electrons. The maximum atomic E-state index is 13.8. The summed E-state index contributed by atoms with van der Waals surface area (Å²) in [5.74, 6) is 0.375. The average molecular weight is 445 g/mol. The Balaban J connectivity index is 1.23. The number of amides is 1. The summed E-state index contributed by atoms with van der Waals surface area (Å²) in [4.78, 5) is 19.3. The van der Waals surface area contributed by atoms with E-state index < -0.39 is 0 Å². The normalized spacial score (nSPS) is 19.8. The molecule has 2 aromatic carbocycles. The van der Waals surface area contributed by atoms with Crippen LogP contribution in [-0.4, -0.2) is 39.6 Å². The van der Waals surface area contributed by atoms with Crippen LogP contribution in [0.3, 0.4) is 0 Å². The highest BCUT2D eigenvalue weighted by Gasteiger charge is 2.38. The molecule has 0 spiro atoms. The number of ether oxygens (including phenoxy) is 1. The molecule has 2 aliphatic heterocycles. The van der Waals surface area contributed by atoms with Crippen LogP contribution in [0.4, 0.5) is 4.39 Å². The van der Waals surface area contributed by atoms with Crippen molar-refractivity contribution in [1.29, 1.82) is 5.26 Å². The van der Waals surface area contributed by atoms with Crippen molar-refractivity contribution in [3.63, 3.8) is 0 Å². The zero-order chi connectivity index (χ0) is 22.8. The van der Waals surface area contributed by atoms with E-state index in [1.165, 1.54) is 12.1 Å². The van der Waals surface area contributed by atoms with Crippen molar-refractivity contribution in [1.82, 2.24) is 19.8 Å². The molecule has 1 aromatic heterocycles. The van der Waals surface area contributed by atoms with Gasteiger partial charge in [0.2, 0.25) is 5.91 Å². The summed E-state index contributed by atoms with van der Waals surface area (Å²) in [5, 5.41) is 12.3. The highest BCUT2D eigenvalue weighted by Crippen LogP contribution is 2.38. The van der Waals surface area contributed by atoms with Crippen LogP contribution in [0, 0.1) is 17.1 Å². The summed E-state index contributed by atoms with van der Waals surface area (Å²) >= 11 is 0. The second-order valence-electron chi connectivity index (χ2n) is 8.41. The molecule has 2 atom stereocenters. The lowest BCUT2D eigenvalue weighted by molar-refractivity contribution is -0.132. The molecule has 1 N–H and O–H groups in total. The predicted octanol–water partition coefficient (Wildman–Crippen LogP) is 3.16. The predicted molar refractivity (Wildman–Crippen MR) is 119 cm³/mol. The summed E-state index contributed by atoms with van der Waals surface area (Å²) in [7, 11) is 0. The molecule has 0 saturated carbocycles. The van der Waals surface area contributed by atoms with Gasteiger partial charge in [-0.2, -0.15) is 5.26 Å². The smallest absolute Gasteiger partial charge is 0.240 e. The van der Waals surface area contributed by atoms with E-state index >= 15 is 0 Å². The number of benzene rings is 2. The molecule has 0 aliphatic carbocycles. The van der Waals surface area contributed by atoms with E-state index in [1.807, 2.05) is 21.6 Å². The number of likely N-dealkylation sites (tertiary alicyclic amines) is 1. The molecular weight excluding hydrogens is 421 g/mol. The van der Waals surface area contributed by atoms with Crippen molar-refractivity contribution < 1.29 is 13.9 Å². The van der Waals surface area contributed by atoms with E-state index in [-0.39, 0.29) is 23.8 Å². The van der Waals surface area contributed by atoms with E-state index in [4.69, 9.17) is 10.00 Å². The Kier molecular flexibility index (Phi) is 5.80. The van der Waals surface area contributed by atoms with Gasteiger partial charge in [-0.3, -0.25) is 4.79 Å². The molecule has 1 fully saturated rings. The lowest BCUT2D eigenvalue weighted by Gasteiger charge is -2.33. The van der Waals surface area contributed by atoms with Gasteiger partial charge in [-0.05, 0) is 42.3 Å². The first-order chi connectivity index (χ1) is 16.1. The first kappa shape index (κ1) is 21.2. The maximum absolute atomic E-state index is 13.8. The number of aromatic nitrogens is 2. The van der Waals surface area contributed by atoms with Gasteiger partial charge < -0.3 is 19.5 Å². The Hall–Kier alpha value is -3.70. The number of fused-ring (bicyclic) bond motifs is 1. The molecule has 3 aromatic rings. The summed E-state index contributed by atoms with van der Waals surface area (Å²) < 4.78 is 21.5. The second kappa shape index (κ2) is 9.04. The largest absolute Gasteiger partial charge is 0.493 e. The van der Waals surface area contributed by atoms with Gasteiger partial charge in [0.05, 0.1) is 42.3 Å². The molecular formula is C25H24FN5O2. The zero-order valence-electron chi connectivity index (χ0n) is 18.1. The van der Waals surface area contributed by atoms with E-state index in [0.29, 0.717) is 50.4 Å². The molecule has 1 saturated heterocycles. The fourth-order valence-electron chi connectivity index (χ4n) is 4.62. The Labute approximate surface area is 191 Å². The van der Waals surface area contributed by atoms with Crippen molar-refractivity contribution >= 4 is 5.91 Å². The number of halogens is 1. The first-order valence-corrected chi connectivity index (χ1v) is 11.1. The van der Waals surface area contributed by atoms with Gasteiger partial charge in [0.15, 0.2) is 0 Å². The molecule has 3 heterocycles. The lowest BCUT2D eigenvalue weighted by atomic mass is 9.99. The Morgan fingerprint density at radius 3 is 2.88 bits per heavy atom. The fraction of sp³-hybridized carbons (Fsp3) is 0.320. The van der Waals surface area contributed by atoms with Crippen LogP contribution in [0.1, 0.15) is 41.3 Å². The van der Waals surface area contributed by atoms with Crippen molar-refractivity contribution in [2.75, 3.05) is 13.2 Å². The number of rotatable bonds is 6. The monoisotopic (exact) mass is 445 g/mol. The number of nitrogens with zero attached hydrogens (tertiary/aromatic N) is 4. The van der Waals surface area contributed by atoms with E-state index in [0.717, 1.165) is 16.8 Å². The first-order valence-electron chi connectivity index (χ1n) is 11.1. The minimum atomic E-state index is -0.318. The standard InChI is InChI=1S/C25H24FN5O2/c26-19-5-6-24-21(11-19)23(8-10-33-24)31-9-7-22(25(31)32)29-14-20-13-28-16-30(20)15-18-3-1-17(12-27)2-4-18/h1-6,11,13,16,22-23,29H,7-10,14-15H2/t22-,23-/m1/s1. The van der Waals surface area contributed by atoms with Gasteiger partial charge in [0.25, 0.3) is 0 Å². The quantitative estimate of drug-likeness (QED) is 0.630. The summed E-state index contributed by atoms with van der Waals surface area (Å²) in [6, 6.07) is 13.7. The molecule has 1 amide bonds. The van der Waals surface area contributed by atoms with Crippen molar-refractivity contribution in [3.8, 4) is 11.8 Å². The molecule has 2 aliphatic rings. The molecule has 0 unspecified atom stereocenters. The Bertz CT molecular complexity index is 1200. The third kappa shape index (κ3) is 4.32. The van der Waals surface area contributed by atoms with Crippen molar-refractivity contribution in [2.24, 2.45) is 0 Å². The summed E-state index contributed by atoms with van der Waals surface area (Å²) in [6.07, 6.45) is 4.92. The fourth-order valence-corrected chi connectivity index (χ4v) is 4.62. The van der Waals surface area contributed by atoms with Gasteiger partial charge in [0, 0.05) is 37.8 Å². The molecule has 7 nitrogen and oxygen atoms in total. The Morgan fingerprint density at radius 1 is 1.21 bits per heavy atom. The number of carbonyl (C=O) groups is 1. The third-order valence-corrected chi connectivity index (χ3v) is 6.36. The molecule has 168 valence electrons. The number of imidazole rings is 1. The minimum Gasteiger partial charge on any atom is -0.493 e. The maximum Gasteiger partial charge on any atom is 0.240 e. The van der Waals surface area contributed by atoms with Crippen LogP contribution in [0.25, 0.3) is 0 Å². The van der Waals surface area contributed by atoms with Gasteiger partial charge in [-0.15, -0.1) is 0 Å². The number of hydrogen-bond acceptors (Lipinski definition) is 5. The number of carbonyl (C=O) groups excluding carboxylic acids is 1. The Morgan fingerprint density at radius 2 is 2.06 bits per heavy atom. The molecule has 5 rings (SSSR count). The minimum absolute atomic E-state index is 0.0373. The highest BCUT2D eigenvalue weighted by atomic mass is 19.1. The highest BCUT2D eigenvalue weighted by molar-refractivity contribution is 5.84. The summed E-state index contributed by atoms with van der Waals surface area (Å²) in [6.45, 7) is 2.29. The number of nitriles is 1. The van der Waals surface area contributed by atoms with E-state index in [9.17, 15) is 9.18 Å². The van der Waals surface area contributed by atoms with Crippen LogP contribution in [0.5, 0.6) is 5.75 Å². The summed E-state index contributed by atoms with van der Waals surface area (Å²) in [5.41, 5.74) is 3.42. The molecule has 33 heavy (non-hydrogen) atoms. The topological polar surface area (TPSA) is 83.2 Å². The van der Waals surface area contributed by atoms with Crippen LogP contribution < -0.4 is 10.1 Å². The average Bonchev–Trinajstić information content (AvgIpc) is 3.43. The van der Waals surface area contributed by atoms with Gasteiger partial charge >= 0.3 is 0 Å². The van der Waals surface area contributed by atoms with E-state index in [1.54, 1.807) is 30.7 Å². The van der Waals surface area contributed by atoms with Crippen LogP contribution in [-0.2, 0) is 17.9 Å². The number of nitrogens with one attached hydrogen (secondary N) is 1. The van der Waals surface area contributed by atoms with Gasteiger partial charge in [0.1, 0.15) is 11.6 Å². The van der Waals surface area contributed by atoms with E-state index in [2.05, 4.69) is 16.4 Å².